The summed E-state index contributed by atoms with van der Waals surface area (Å²) in [5.74, 6) is 1.91. The van der Waals surface area contributed by atoms with E-state index in [0.29, 0.717) is 17.5 Å². The number of nitrogens with zero attached hydrogens (tertiary/aromatic N) is 3. The molecular formula is C39H25N3U. The van der Waals surface area contributed by atoms with Gasteiger partial charge in [0.25, 0.3) is 0 Å². The Morgan fingerprint density at radius 3 is 1.47 bits per heavy atom. The predicted molar refractivity (Wildman–Crippen MR) is 170 cm³/mol. The molecule has 0 saturated carbocycles. The Balaban J connectivity index is 0.00000329. The zero-order valence-corrected chi connectivity index (χ0v) is 27.4. The molecule has 7 rings (SSSR count). The molecule has 0 aliphatic carbocycles. The van der Waals surface area contributed by atoms with Gasteiger partial charge in [0, 0.05) is 16.7 Å². The van der Waals surface area contributed by atoms with Gasteiger partial charge in [-0.05, 0) is 11.1 Å². The van der Waals surface area contributed by atoms with E-state index in [1.54, 1.807) is 0 Å². The van der Waals surface area contributed by atoms with Crippen LogP contribution in [0.3, 0.4) is 0 Å². The van der Waals surface area contributed by atoms with Crippen molar-refractivity contribution < 1.29 is 31.1 Å². The molecule has 0 fully saturated rings. The Morgan fingerprint density at radius 1 is 0.349 bits per heavy atom. The smallest absolute Gasteiger partial charge is 0.226 e. The predicted octanol–water partition coefficient (Wildman–Crippen LogP) is 9.47. The number of hydrogen-bond acceptors (Lipinski definition) is 3. The molecule has 0 unspecified atom stereocenters. The third-order valence-corrected chi connectivity index (χ3v) is 7.18. The average molecular weight is 774 g/mol. The molecule has 1 aromatic heterocycles. The molecule has 0 radical (unpaired) electrons. The zero-order valence-electron chi connectivity index (χ0n) is 23.3. The molecule has 7 aromatic rings. The molecule has 43 heavy (non-hydrogen) atoms. The molecule has 4 heteroatoms. The van der Waals surface area contributed by atoms with Crippen molar-refractivity contribution in [2.45, 2.75) is 0 Å². The van der Waals surface area contributed by atoms with Gasteiger partial charge in [-0.2, -0.15) is 36.4 Å². The largest absolute Gasteiger partial charge is 2.00 e. The fourth-order valence-corrected chi connectivity index (χ4v) is 4.96. The van der Waals surface area contributed by atoms with E-state index in [2.05, 4.69) is 84.9 Å². The number of aromatic nitrogens is 3. The van der Waals surface area contributed by atoms with E-state index in [4.69, 9.17) is 15.0 Å². The van der Waals surface area contributed by atoms with Crippen molar-refractivity contribution in [1.29, 1.82) is 0 Å². The van der Waals surface area contributed by atoms with E-state index in [1.165, 1.54) is 5.56 Å². The van der Waals surface area contributed by atoms with Crippen LogP contribution in [0.2, 0.25) is 0 Å². The van der Waals surface area contributed by atoms with Gasteiger partial charge in [0.1, 0.15) is 0 Å². The molecule has 0 aliphatic heterocycles. The molecular weight excluding hydrogens is 748 g/mol. The molecule has 0 bridgehead atoms. The summed E-state index contributed by atoms with van der Waals surface area (Å²) < 4.78 is 0. The molecule has 0 spiro atoms. The molecule has 1 heterocycles. The minimum absolute atomic E-state index is 0. The molecule has 6 aromatic carbocycles. The van der Waals surface area contributed by atoms with E-state index < -0.39 is 0 Å². The second-order valence-corrected chi connectivity index (χ2v) is 9.96. The van der Waals surface area contributed by atoms with Crippen LogP contribution >= 0.6 is 0 Å². The van der Waals surface area contributed by atoms with E-state index in [1.807, 2.05) is 78.9 Å². The van der Waals surface area contributed by atoms with Gasteiger partial charge >= 0.3 is 31.1 Å². The van der Waals surface area contributed by atoms with Crippen molar-refractivity contribution in [3.63, 3.8) is 0 Å². The molecule has 0 N–H and O–H groups in total. The van der Waals surface area contributed by atoms with E-state index in [-0.39, 0.29) is 31.1 Å². The number of hydrogen-bond donors (Lipinski definition) is 0. The third-order valence-electron chi connectivity index (χ3n) is 7.18. The molecule has 3 nitrogen and oxygen atoms in total. The van der Waals surface area contributed by atoms with Crippen molar-refractivity contribution in [1.82, 2.24) is 15.0 Å². The third kappa shape index (κ3) is 6.42. The Hall–Kier alpha value is -4.62. The monoisotopic (exact) mass is 773 g/mol. The van der Waals surface area contributed by atoms with Crippen molar-refractivity contribution in [2.24, 2.45) is 0 Å². The van der Waals surface area contributed by atoms with Crippen LogP contribution < -0.4 is 0 Å². The number of rotatable bonds is 6. The molecule has 0 atom stereocenters. The fourth-order valence-electron chi connectivity index (χ4n) is 4.96. The van der Waals surface area contributed by atoms with Gasteiger partial charge < -0.3 is 0 Å². The summed E-state index contributed by atoms with van der Waals surface area (Å²) in [4.78, 5) is 14.8. The van der Waals surface area contributed by atoms with E-state index >= 15 is 0 Å². The van der Waals surface area contributed by atoms with Gasteiger partial charge in [0.15, 0.2) is 17.5 Å². The summed E-state index contributed by atoms with van der Waals surface area (Å²) in [6.45, 7) is 0. The first kappa shape index (κ1) is 28.5. The fraction of sp³-hybridized carbons (Fsp3) is 0. The standard InChI is InChI=1S/C39H25N3.U/c1-4-11-28(12-5-1)30-19-21-32(22-20-30)35-17-10-18-36(27-35)39-41-37(33-15-8-3-9-16-33)40-38(42-39)34-25-23-31(24-26-34)29-13-6-2-7-14-29;/h1-11,13-19,21-27H;/q-2;+2. The topological polar surface area (TPSA) is 38.7 Å². The molecule has 0 saturated heterocycles. The SMILES string of the molecule is [U+2].[c-]1ccccc1-c1[c-]cc(-c2cccc(-c3nc(-c4ccccc4)nc(-c4ccc(-c5ccccc5)cc4)n3)c2)cc1. The van der Waals surface area contributed by atoms with Gasteiger partial charge in [-0.3, -0.25) is 0 Å². The van der Waals surface area contributed by atoms with Crippen LogP contribution in [0.1, 0.15) is 0 Å². The van der Waals surface area contributed by atoms with Crippen LogP contribution in [0.15, 0.2) is 152 Å². The maximum Gasteiger partial charge on any atom is 2.00 e. The normalized spacial score (nSPS) is 10.6. The summed E-state index contributed by atoms with van der Waals surface area (Å²) in [7, 11) is 0. The van der Waals surface area contributed by atoms with Crippen molar-refractivity contribution in [2.75, 3.05) is 0 Å². The first-order valence-corrected chi connectivity index (χ1v) is 13.9. The van der Waals surface area contributed by atoms with Crippen LogP contribution in [0.5, 0.6) is 0 Å². The summed E-state index contributed by atoms with van der Waals surface area (Å²) in [5.41, 5.74) is 9.33. The average Bonchev–Trinajstić information content (AvgIpc) is 3.09. The maximum atomic E-state index is 4.96. The van der Waals surface area contributed by atoms with Gasteiger partial charge in [-0.25, -0.2) is 26.1 Å². The Bertz CT molecular complexity index is 1940. The Labute approximate surface area is 275 Å². The van der Waals surface area contributed by atoms with Gasteiger partial charge in [-0.15, -0.1) is 23.8 Å². The zero-order chi connectivity index (χ0) is 28.1. The van der Waals surface area contributed by atoms with E-state index in [0.717, 1.165) is 44.5 Å². The van der Waals surface area contributed by atoms with Crippen molar-refractivity contribution in [3.8, 4) is 67.5 Å². The summed E-state index contributed by atoms with van der Waals surface area (Å²) in [6.07, 6.45) is 0. The summed E-state index contributed by atoms with van der Waals surface area (Å²) in [6, 6.07) is 58.0. The maximum absolute atomic E-state index is 4.96. The first-order valence-electron chi connectivity index (χ1n) is 13.9. The van der Waals surface area contributed by atoms with Crippen LogP contribution in [0, 0.1) is 43.2 Å². The minimum Gasteiger partial charge on any atom is -0.226 e. The summed E-state index contributed by atoms with van der Waals surface area (Å²) in [5, 5.41) is 0. The Kier molecular flexibility index (Phi) is 8.70. The minimum atomic E-state index is 0. The van der Waals surface area contributed by atoms with E-state index in [9.17, 15) is 0 Å². The van der Waals surface area contributed by atoms with Crippen LogP contribution in [0.4, 0.5) is 0 Å². The van der Waals surface area contributed by atoms with Gasteiger partial charge in [-0.1, -0.05) is 115 Å². The van der Waals surface area contributed by atoms with Crippen LogP contribution in [-0.4, -0.2) is 15.0 Å². The quantitative estimate of drug-likeness (QED) is 0.158. The number of benzene rings is 6. The van der Waals surface area contributed by atoms with Crippen molar-refractivity contribution >= 4 is 0 Å². The first-order chi connectivity index (χ1) is 20.8. The second-order valence-electron chi connectivity index (χ2n) is 9.96. The van der Waals surface area contributed by atoms with Gasteiger partial charge in [0.05, 0.1) is 0 Å². The second kappa shape index (κ2) is 13.1. The van der Waals surface area contributed by atoms with Gasteiger partial charge in [0.2, 0.25) is 0 Å². The van der Waals surface area contributed by atoms with Crippen molar-refractivity contribution in [3.05, 3.63) is 164 Å². The van der Waals surface area contributed by atoms with Crippen LogP contribution in [-0.2, 0) is 0 Å². The molecule has 200 valence electrons. The molecule has 0 aliphatic rings. The Morgan fingerprint density at radius 2 is 0.837 bits per heavy atom. The van der Waals surface area contributed by atoms with Crippen LogP contribution in [0.25, 0.3) is 67.5 Å². The molecule has 0 amide bonds. The summed E-state index contributed by atoms with van der Waals surface area (Å²) >= 11 is 0.